The van der Waals surface area contributed by atoms with Crippen LogP contribution in [0.1, 0.15) is 43.7 Å². The number of aliphatic hydroxyl groups is 1. The first-order chi connectivity index (χ1) is 11.1. The summed E-state index contributed by atoms with van der Waals surface area (Å²) in [6, 6.07) is 5.35. The van der Waals surface area contributed by atoms with Crippen LogP contribution in [0.5, 0.6) is 5.75 Å². The molecule has 1 fully saturated rings. The molecule has 1 aromatic carbocycles. The van der Waals surface area contributed by atoms with Crippen molar-refractivity contribution in [3.8, 4) is 5.75 Å². The van der Waals surface area contributed by atoms with Gasteiger partial charge in [-0.05, 0) is 44.1 Å². The van der Waals surface area contributed by atoms with Gasteiger partial charge in [-0.1, -0.05) is 23.7 Å². The Morgan fingerprint density at radius 1 is 1.35 bits per heavy atom. The molecule has 3 rings (SSSR count). The van der Waals surface area contributed by atoms with Crippen LogP contribution in [0.4, 0.5) is 4.79 Å². The number of benzene rings is 1. The SMILES string of the molecule is O=C(NC[C@@H]1CC[C@H](O)C1)N[C@H]1CCCOc2c(Cl)cccc21. The summed E-state index contributed by atoms with van der Waals surface area (Å²) in [6.45, 7) is 1.21. The molecule has 6 heteroatoms. The van der Waals surface area contributed by atoms with E-state index in [1.54, 1.807) is 6.07 Å². The quantitative estimate of drug-likeness (QED) is 0.793. The van der Waals surface area contributed by atoms with Crippen LogP contribution in [0, 0.1) is 5.92 Å². The Bertz CT molecular complexity index is 567. The van der Waals surface area contributed by atoms with E-state index in [-0.39, 0.29) is 18.2 Å². The normalized spacial score (nSPS) is 26.8. The van der Waals surface area contributed by atoms with E-state index >= 15 is 0 Å². The van der Waals surface area contributed by atoms with Gasteiger partial charge in [-0.2, -0.15) is 0 Å². The van der Waals surface area contributed by atoms with Crippen molar-refractivity contribution in [2.75, 3.05) is 13.2 Å². The molecular weight excluding hydrogens is 316 g/mol. The lowest BCUT2D eigenvalue weighted by molar-refractivity contribution is 0.177. The maximum Gasteiger partial charge on any atom is 0.315 e. The molecule has 1 aliphatic carbocycles. The summed E-state index contributed by atoms with van der Waals surface area (Å²) in [5.41, 5.74) is 0.932. The molecule has 3 N–H and O–H groups in total. The average Bonchev–Trinajstić information content (AvgIpc) is 2.83. The maximum atomic E-state index is 12.2. The van der Waals surface area contributed by atoms with Crippen molar-refractivity contribution in [2.24, 2.45) is 5.92 Å². The summed E-state index contributed by atoms with van der Waals surface area (Å²) >= 11 is 6.20. The van der Waals surface area contributed by atoms with E-state index < -0.39 is 0 Å². The molecule has 1 heterocycles. The van der Waals surface area contributed by atoms with Gasteiger partial charge in [0, 0.05) is 12.1 Å². The minimum absolute atomic E-state index is 0.0969. The van der Waals surface area contributed by atoms with Gasteiger partial charge in [-0.25, -0.2) is 4.79 Å². The standard InChI is InChI=1S/C17H23ClN2O3/c18-14-4-1-3-13-15(5-2-8-23-16(13)14)20-17(22)19-10-11-6-7-12(21)9-11/h1,3-4,11-12,15,21H,2,5-10H2,(H2,19,20,22)/t11-,12+,15+/m1/s1. The molecule has 1 aromatic rings. The first-order valence-electron chi connectivity index (χ1n) is 8.27. The van der Waals surface area contributed by atoms with Gasteiger partial charge in [0.1, 0.15) is 5.75 Å². The highest BCUT2D eigenvalue weighted by Crippen LogP contribution is 2.36. The first-order valence-corrected chi connectivity index (χ1v) is 8.65. The minimum atomic E-state index is -0.210. The summed E-state index contributed by atoms with van der Waals surface area (Å²) in [5.74, 6) is 1.05. The molecule has 0 radical (unpaired) electrons. The third kappa shape index (κ3) is 4.09. The minimum Gasteiger partial charge on any atom is -0.492 e. The van der Waals surface area contributed by atoms with Crippen molar-refractivity contribution >= 4 is 17.6 Å². The van der Waals surface area contributed by atoms with E-state index in [1.165, 1.54) is 0 Å². The molecule has 1 saturated carbocycles. The first kappa shape index (κ1) is 16.4. The van der Waals surface area contributed by atoms with Gasteiger partial charge < -0.3 is 20.5 Å². The number of urea groups is 1. The predicted octanol–water partition coefficient (Wildman–Crippen LogP) is 3.01. The van der Waals surface area contributed by atoms with Crippen LogP contribution in [-0.2, 0) is 0 Å². The van der Waals surface area contributed by atoms with Gasteiger partial charge in [-0.3, -0.25) is 0 Å². The molecule has 0 spiro atoms. The van der Waals surface area contributed by atoms with Crippen molar-refractivity contribution in [3.05, 3.63) is 28.8 Å². The Labute approximate surface area is 141 Å². The monoisotopic (exact) mass is 338 g/mol. The summed E-state index contributed by atoms with van der Waals surface area (Å²) in [6.07, 6.45) is 4.05. The zero-order valence-corrected chi connectivity index (χ0v) is 13.8. The van der Waals surface area contributed by atoms with E-state index in [2.05, 4.69) is 10.6 Å². The highest BCUT2D eigenvalue weighted by atomic mass is 35.5. The summed E-state index contributed by atoms with van der Waals surface area (Å²) in [7, 11) is 0. The van der Waals surface area contributed by atoms with E-state index in [4.69, 9.17) is 16.3 Å². The smallest absolute Gasteiger partial charge is 0.315 e. The zero-order chi connectivity index (χ0) is 16.2. The van der Waals surface area contributed by atoms with Crippen LogP contribution in [0.25, 0.3) is 0 Å². The van der Waals surface area contributed by atoms with E-state index in [1.807, 2.05) is 12.1 Å². The highest BCUT2D eigenvalue weighted by molar-refractivity contribution is 6.32. The predicted molar refractivity (Wildman–Crippen MR) is 88.8 cm³/mol. The van der Waals surface area contributed by atoms with Crippen molar-refractivity contribution < 1.29 is 14.6 Å². The molecule has 0 aromatic heterocycles. The molecule has 0 unspecified atom stereocenters. The lowest BCUT2D eigenvalue weighted by atomic mass is 10.0. The number of ether oxygens (including phenoxy) is 1. The molecular formula is C17H23ClN2O3. The van der Waals surface area contributed by atoms with Gasteiger partial charge in [0.25, 0.3) is 0 Å². The van der Waals surface area contributed by atoms with Gasteiger partial charge in [0.05, 0.1) is 23.8 Å². The third-order valence-corrected chi connectivity index (χ3v) is 4.92. The fraction of sp³-hybridized carbons (Fsp3) is 0.588. The Balaban J connectivity index is 1.59. The Morgan fingerprint density at radius 3 is 3.00 bits per heavy atom. The van der Waals surface area contributed by atoms with Gasteiger partial charge in [0.2, 0.25) is 0 Å². The summed E-state index contributed by atoms with van der Waals surface area (Å²) in [5, 5.41) is 16.1. The van der Waals surface area contributed by atoms with Gasteiger partial charge in [-0.15, -0.1) is 0 Å². The zero-order valence-electron chi connectivity index (χ0n) is 13.1. The van der Waals surface area contributed by atoms with Crippen LogP contribution >= 0.6 is 11.6 Å². The lowest BCUT2D eigenvalue weighted by Crippen LogP contribution is -2.40. The van der Waals surface area contributed by atoms with E-state index in [0.29, 0.717) is 29.8 Å². The molecule has 23 heavy (non-hydrogen) atoms. The number of aliphatic hydroxyl groups excluding tert-OH is 1. The molecule has 2 aliphatic rings. The molecule has 5 nitrogen and oxygen atoms in total. The van der Waals surface area contributed by atoms with Crippen molar-refractivity contribution in [1.82, 2.24) is 10.6 Å². The largest absolute Gasteiger partial charge is 0.492 e. The maximum absolute atomic E-state index is 12.2. The second kappa shape index (κ2) is 7.41. The third-order valence-electron chi connectivity index (χ3n) is 4.63. The number of amides is 2. The number of halogens is 1. The molecule has 0 bridgehead atoms. The number of hydrogen-bond donors (Lipinski definition) is 3. The highest BCUT2D eigenvalue weighted by Gasteiger charge is 2.25. The van der Waals surface area contributed by atoms with E-state index in [0.717, 1.165) is 37.7 Å². The van der Waals surface area contributed by atoms with Crippen LogP contribution < -0.4 is 15.4 Å². The molecule has 126 valence electrons. The summed E-state index contributed by atoms with van der Waals surface area (Å²) < 4.78 is 5.71. The fourth-order valence-electron chi connectivity index (χ4n) is 3.40. The number of hydrogen-bond acceptors (Lipinski definition) is 3. The van der Waals surface area contributed by atoms with Gasteiger partial charge >= 0.3 is 6.03 Å². The molecule has 0 saturated heterocycles. The van der Waals surface area contributed by atoms with Crippen LogP contribution in [0.2, 0.25) is 5.02 Å². The Kier molecular flexibility index (Phi) is 5.28. The number of carbonyl (C=O) groups excluding carboxylic acids is 1. The number of rotatable bonds is 3. The second-order valence-corrected chi connectivity index (χ2v) is 6.80. The fourth-order valence-corrected chi connectivity index (χ4v) is 3.64. The van der Waals surface area contributed by atoms with Crippen molar-refractivity contribution in [3.63, 3.8) is 0 Å². The molecule has 1 aliphatic heterocycles. The van der Waals surface area contributed by atoms with Crippen LogP contribution in [0.15, 0.2) is 18.2 Å². The lowest BCUT2D eigenvalue weighted by Gasteiger charge is -2.20. The van der Waals surface area contributed by atoms with Gasteiger partial charge in [0.15, 0.2) is 0 Å². The average molecular weight is 339 g/mol. The van der Waals surface area contributed by atoms with Crippen LogP contribution in [-0.4, -0.2) is 30.4 Å². The second-order valence-electron chi connectivity index (χ2n) is 6.39. The van der Waals surface area contributed by atoms with Crippen molar-refractivity contribution in [2.45, 2.75) is 44.2 Å². The topological polar surface area (TPSA) is 70.6 Å². The number of nitrogens with one attached hydrogen (secondary N) is 2. The number of fused-ring (bicyclic) bond motifs is 1. The molecule has 3 atom stereocenters. The van der Waals surface area contributed by atoms with Crippen LogP contribution in [0.3, 0.4) is 0 Å². The van der Waals surface area contributed by atoms with E-state index in [9.17, 15) is 9.90 Å². The Morgan fingerprint density at radius 2 is 2.22 bits per heavy atom. The number of carbonyl (C=O) groups is 1. The molecule has 2 amide bonds. The van der Waals surface area contributed by atoms with Crippen molar-refractivity contribution in [1.29, 1.82) is 0 Å². The summed E-state index contributed by atoms with van der Waals surface area (Å²) in [4.78, 5) is 12.2. The number of para-hydroxylation sites is 1. The Hall–Kier alpha value is -1.46.